The van der Waals surface area contributed by atoms with Crippen molar-refractivity contribution in [2.75, 3.05) is 38.1 Å². The number of anilines is 1. The summed E-state index contributed by atoms with van der Waals surface area (Å²) in [5.41, 5.74) is 2.45. The Balaban J connectivity index is 1.38. The van der Waals surface area contributed by atoms with Crippen molar-refractivity contribution >= 4 is 22.6 Å². The molecule has 7 heteroatoms. The first-order chi connectivity index (χ1) is 14.0. The molecule has 0 saturated carbocycles. The highest BCUT2D eigenvalue weighted by molar-refractivity contribution is 7.09. The molecule has 3 rings (SSSR count). The van der Waals surface area contributed by atoms with E-state index in [9.17, 15) is 4.79 Å². The number of likely N-dealkylation sites (tertiary alicyclic amines) is 1. The van der Waals surface area contributed by atoms with E-state index in [1.807, 2.05) is 11.9 Å². The van der Waals surface area contributed by atoms with Crippen LogP contribution in [-0.4, -0.2) is 54.5 Å². The second-order valence-electron chi connectivity index (χ2n) is 8.27. The molecule has 1 aromatic carbocycles. The molecule has 158 valence electrons. The van der Waals surface area contributed by atoms with E-state index in [1.165, 1.54) is 48.5 Å². The topological polar surface area (TPSA) is 62.6 Å². The summed E-state index contributed by atoms with van der Waals surface area (Å²) in [7, 11) is 1.90. The molecular weight excluding hydrogens is 382 g/mol. The van der Waals surface area contributed by atoms with E-state index in [-0.39, 0.29) is 5.91 Å². The Bertz CT molecular complexity index is 776. The molecule has 6 nitrogen and oxygen atoms in total. The fourth-order valence-electron chi connectivity index (χ4n) is 3.87. The number of piperidine rings is 1. The standard InChI is InChI=1S/C22H33N5OS/c1-17-8-10-19(11-9-17)15-20-24-22(29-25-20)26(3)16-21(28)23-12-6-14-27-13-5-4-7-18(27)2/h8-11,18H,4-7,12-16H2,1-3H3,(H,23,28)/p+1/t18-/m0/s1. The molecule has 1 unspecified atom stereocenters. The van der Waals surface area contributed by atoms with Gasteiger partial charge in [0.1, 0.15) is 5.82 Å². The molecule has 2 aromatic rings. The van der Waals surface area contributed by atoms with Crippen molar-refractivity contribution < 1.29 is 9.69 Å². The van der Waals surface area contributed by atoms with Crippen LogP contribution in [0.25, 0.3) is 0 Å². The second kappa shape index (κ2) is 10.7. The quantitative estimate of drug-likeness (QED) is 0.613. The number of nitrogens with one attached hydrogen (secondary N) is 2. The van der Waals surface area contributed by atoms with Crippen LogP contribution in [0, 0.1) is 6.92 Å². The molecule has 1 saturated heterocycles. The van der Waals surface area contributed by atoms with E-state index in [1.54, 1.807) is 4.90 Å². The third-order valence-corrected chi connectivity index (χ3v) is 6.59. The van der Waals surface area contributed by atoms with Crippen molar-refractivity contribution in [2.45, 2.75) is 52.0 Å². The number of aromatic nitrogens is 2. The molecule has 1 amide bonds. The van der Waals surface area contributed by atoms with Gasteiger partial charge in [0.25, 0.3) is 0 Å². The zero-order valence-corrected chi connectivity index (χ0v) is 18.7. The number of benzene rings is 1. The number of amides is 1. The summed E-state index contributed by atoms with van der Waals surface area (Å²) in [4.78, 5) is 20.4. The van der Waals surface area contributed by atoms with Gasteiger partial charge in [-0.3, -0.25) is 4.79 Å². The molecule has 0 radical (unpaired) electrons. The van der Waals surface area contributed by atoms with Gasteiger partial charge in [0.2, 0.25) is 11.0 Å². The van der Waals surface area contributed by atoms with Crippen LogP contribution in [0.5, 0.6) is 0 Å². The number of hydrogen-bond acceptors (Lipinski definition) is 5. The van der Waals surface area contributed by atoms with Crippen molar-refractivity contribution in [3.63, 3.8) is 0 Å². The van der Waals surface area contributed by atoms with E-state index >= 15 is 0 Å². The summed E-state index contributed by atoms with van der Waals surface area (Å²) in [5, 5.41) is 3.84. The lowest BCUT2D eigenvalue weighted by Crippen LogP contribution is -3.16. The first kappa shape index (κ1) is 21.7. The van der Waals surface area contributed by atoms with Gasteiger partial charge < -0.3 is 15.1 Å². The minimum atomic E-state index is 0.0458. The van der Waals surface area contributed by atoms with Crippen LogP contribution >= 0.6 is 11.5 Å². The van der Waals surface area contributed by atoms with Gasteiger partial charge in [-0.1, -0.05) is 29.8 Å². The Morgan fingerprint density at radius 3 is 2.86 bits per heavy atom. The lowest BCUT2D eigenvalue weighted by atomic mass is 10.0. The SMILES string of the molecule is Cc1ccc(Cc2nsc(N(C)CC(=O)NCCC[NH+]3CCCC[C@@H]3C)n2)cc1. The van der Waals surface area contributed by atoms with Crippen LogP contribution in [-0.2, 0) is 11.2 Å². The van der Waals surface area contributed by atoms with Crippen molar-refractivity contribution in [3.8, 4) is 0 Å². The molecule has 1 aromatic heterocycles. The van der Waals surface area contributed by atoms with E-state index in [0.717, 1.165) is 36.5 Å². The number of quaternary nitrogens is 1. The van der Waals surface area contributed by atoms with Gasteiger partial charge in [-0.15, -0.1) is 0 Å². The van der Waals surface area contributed by atoms with Gasteiger partial charge in [0.05, 0.1) is 25.7 Å². The normalized spacial score (nSPS) is 19.1. The van der Waals surface area contributed by atoms with Gasteiger partial charge in [-0.05, 0) is 38.7 Å². The van der Waals surface area contributed by atoms with Crippen molar-refractivity contribution in [3.05, 3.63) is 41.2 Å². The predicted octanol–water partition coefficient (Wildman–Crippen LogP) is 1.84. The summed E-state index contributed by atoms with van der Waals surface area (Å²) in [5.74, 6) is 0.851. The van der Waals surface area contributed by atoms with Crippen LogP contribution in [0.1, 0.15) is 49.6 Å². The monoisotopic (exact) mass is 416 g/mol. The highest BCUT2D eigenvalue weighted by Gasteiger charge is 2.21. The highest BCUT2D eigenvalue weighted by Crippen LogP contribution is 2.17. The van der Waals surface area contributed by atoms with E-state index in [2.05, 4.69) is 52.8 Å². The van der Waals surface area contributed by atoms with Gasteiger partial charge in [-0.2, -0.15) is 4.37 Å². The molecule has 1 aliphatic rings. The fourth-order valence-corrected chi connectivity index (χ4v) is 4.51. The summed E-state index contributed by atoms with van der Waals surface area (Å²) in [6, 6.07) is 9.19. The average molecular weight is 417 g/mol. The first-order valence-corrected chi connectivity index (χ1v) is 11.5. The molecule has 1 aliphatic heterocycles. The predicted molar refractivity (Wildman–Crippen MR) is 119 cm³/mol. The minimum absolute atomic E-state index is 0.0458. The summed E-state index contributed by atoms with van der Waals surface area (Å²) in [6.07, 6.45) is 5.79. The Morgan fingerprint density at radius 2 is 2.10 bits per heavy atom. The number of rotatable bonds is 9. The number of carbonyl (C=O) groups excluding carboxylic acids is 1. The minimum Gasteiger partial charge on any atom is -0.354 e. The third kappa shape index (κ3) is 6.78. The van der Waals surface area contributed by atoms with Gasteiger partial charge in [-0.25, -0.2) is 4.98 Å². The zero-order valence-electron chi connectivity index (χ0n) is 17.9. The average Bonchev–Trinajstić information content (AvgIpc) is 3.17. The number of aryl methyl sites for hydroxylation is 1. The van der Waals surface area contributed by atoms with Crippen molar-refractivity contribution in [1.29, 1.82) is 0 Å². The summed E-state index contributed by atoms with van der Waals surface area (Å²) in [6.45, 7) is 7.91. The molecule has 2 atom stereocenters. The Morgan fingerprint density at radius 1 is 1.31 bits per heavy atom. The lowest BCUT2D eigenvalue weighted by Gasteiger charge is -2.30. The first-order valence-electron chi connectivity index (χ1n) is 10.7. The highest BCUT2D eigenvalue weighted by atomic mass is 32.1. The fraction of sp³-hybridized carbons (Fsp3) is 0.591. The number of nitrogens with zero attached hydrogens (tertiary/aromatic N) is 3. The van der Waals surface area contributed by atoms with Gasteiger partial charge in [0.15, 0.2) is 0 Å². The lowest BCUT2D eigenvalue weighted by molar-refractivity contribution is -0.928. The molecular formula is C22H34N5OS+. The summed E-state index contributed by atoms with van der Waals surface area (Å²) < 4.78 is 4.45. The second-order valence-corrected chi connectivity index (χ2v) is 9.00. The molecule has 1 fully saturated rings. The summed E-state index contributed by atoms with van der Waals surface area (Å²) >= 11 is 1.35. The van der Waals surface area contributed by atoms with Crippen LogP contribution in [0.4, 0.5) is 5.13 Å². The van der Waals surface area contributed by atoms with E-state index in [0.29, 0.717) is 13.0 Å². The number of carbonyl (C=O) groups is 1. The molecule has 2 N–H and O–H groups in total. The Labute approximate surface area is 178 Å². The smallest absolute Gasteiger partial charge is 0.239 e. The van der Waals surface area contributed by atoms with Crippen molar-refractivity contribution in [1.82, 2.24) is 14.7 Å². The molecule has 0 bridgehead atoms. The van der Waals surface area contributed by atoms with Gasteiger partial charge >= 0.3 is 0 Å². The zero-order chi connectivity index (χ0) is 20.6. The van der Waals surface area contributed by atoms with Crippen molar-refractivity contribution in [2.24, 2.45) is 0 Å². The number of hydrogen-bond donors (Lipinski definition) is 2. The molecule has 0 spiro atoms. The largest absolute Gasteiger partial charge is 0.354 e. The molecule has 2 heterocycles. The maximum atomic E-state index is 12.3. The third-order valence-electron chi connectivity index (χ3n) is 5.73. The molecule has 0 aliphatic carbocycles. The van der Waals surface area contributed by atoms with E-state index in [4.69, 9.17) is 0 Å². The maximum Gasteiger partial charge on any atom is 0.239 e. The maximum absolute atomic E-state index is 12.3. The van der Waals surface area contributed by atoms with Crippen LogP contribution < -0.4 is 15.1 Å². The molecule has 29 heavy (non-hydrogen) atoms. The van der Waals surface area contributed by atoms with E-state index < -0.39 is 0 Å². The Kier molecular flexibility index (Phi) is 8.00. The van der Waals surface area contributed by atoms with Crippen LogP contribution in [0.3, 0.4) is 0 Å². The van der Waals surface area contributed by atoms with Crippen LogP contribution in [0.2, 0.25) is 0 Å². The Hall–Kier alpha value is -1.99. The van der Waals surface area contributed by atoms with Gasteiger partial charge in [0, 0.05) is 38.0 Å². The van der Waals surface area contributed by atoms with Crippen LogP contribution in [0.15, 0.2) is 24.3 Å². The number of likely N-dealkylation sites (N-methyl/N-ethyl adjacent to an activating group) is 1.